The maximum atomic E-state index is 12.3. The molecular formula is C18H24N2O6S. The Labute approximate surface area is 161 Å². The Balaban J connectivity index is 1.91. The molecule has 0 spiro atoms. The molecule has 1 saturated carbocycles. The number of nitro benzene ring substituents is 1. The van der Waals surface area contributed by atoms with Crippen molar-refractivity contribution in [3.05, 3.63) is 33.9 Å². The molecule has 1 aliphatic rings. The van der Waals surface area contributed by atoms with Gasteiger partial charge in [0, 0.05) is 11.8 Å². The molecule has 1 fully saturated rings. The second kappa shape index (κ2) is 9.07. The molecule has 1 aromatic rings. The molecule has 0 aromatic heterocycles. The third-order valence-electron chi connectivity index (χ3n) is 4.87. The second-order valence-electron chi connectivity index (χ2n) is 6.86. The van der Waals surface area contributed by atoms with Crippen LogP contribution >= 0.6 is 11.8 Å². The Morgan fingerprint density at radius 1 is 1.44 bits per heavy atom. The Morgan fingerprint density at radius 3 is 2.81 bits per heavy atom. The highest BCUT2D eigenvalue weighted by atomic mass is 32.2. The first-order valence-corrected chi connectivity index (χ1v) is 9.85. The number of aliphatic carboxylic acids is 1. The van der Waals surface area contributed by atoms with Gasteiger partial charge in [-0.05, 0) is 31.4 Å². The summed E-state index contributed by atoms with van der Waals surface area (Å²) in [6, 6.07) is 4.70. The minimum absolute atomic E-state index is 0.112. The average Bonchev–Trinajstić information content (AvgIpc) is 2.61. The predicted molar refractivity (Wildman–Crippen MR) is 102 cm³/mol. The van der Waals surface area contributed by atoms with E-state index >= 15 is 0 Å². The number of ether oxygens (including phenoxy) is 1. The fourth-order valence-electron chi connectivity index (χ4n) is 3.46. The topological polar surface area (TPSA) is 119 Å². The molecule has 2 N–H and O–H groups in total. The summed E-state index contributed by atoms with van der Waals surface area (Å²) in [4.78, 5) is 34.3. The standard InChI is InChI=1S/C18H24N2O6S/c1-18(8-4-3-5-13(18)17(22)23)19-16(21)11-27-10-12-6-7-15(26-2)14(9-12)20(24)25/h6-7,9,13H,3-5,8,10-11H2,1-2H3,(H,19,21)(H,22,23). The van der Waals surface area contributed by atoms with E-state index < -0.39 is 22.3 Å². The SMILES string of the molecule is COc1ccc(CSCC(=O)NC2(C)CCCCC2C(=O)O)cc1[N+](=O)[O-]. The maximum absolute atomic E-state index is 12.3. The molecular weight excluding hydrogens is 372 g/mol. The first-order valence-electron chi connectivity index (χ1n) is 8.69. The lowest BCUT2D eigenvalue weighted by atomic mass is 9.74. The number of benzene rings is 1. The summed E-state index contributed by atoms with van der Waals surface area (Å²) in [6.07, 6.45) is 2.95. The number of nitro groups is 1. The van der Waals surface area contributed by atoms with Gasteiger partial charge in [0.05, 0.1) is 29.2 Å². The van der Waals surface area contributed by atoms with E-state index in [0.29, 0.717) is 24.2 Å². The van der Waals surface area contributed by atoms with Crippen LogP contribution in [0.2, 0.25) is 0 Å². The molecule has 2 unspecified atom stereocenters. The number of amides is 1. The van der Waals surface area contributed by atoms with Crippen molar-refractivity contribution in [3.63, 3.8) is 0 Å². The largest absolute Gasteiger partial charge is 0.490 e. The fraction of sp³-hybridized carbons (Fsp3) is 0.556. The van der Waals surface area contributed by atoms with Crippen molar-refractivity contribution in [1.82, 2.24) is 5.32 Å². The van der Waals surface area contributed by atoms with Crippen molar-refractivity contribution >= 4 is 29.3 Å². The monoisotopic (exact) mass is 396 g/mol. The van der Waals surface area contributed by atoms with E-state index in [2.05, 4.69) is 5.32 Å². The lowest BCUT2D eigenvalue weighted by Gasteiger charge is -2.39. The third-order valence-corrected chi connectivity index (χ3v) is 5.88. The summed E-state index contributed by atoms with van der Waals surface area (Å²) in [5.74, 6) is -0.908. The normalized spacial score (nSPS) is 22.1. The summed E-state index contributed by atoms with van der Waals surface area (Å²) in [7, 11) is 1.37. The lowest BCUT2D eigenvalue weighted by Crippen LogP contribution is -2.55. The van der Waals surface area contributed by atoms with Crippen molar-refractivity contribution in [2.24, 2.45) is 5.92 Å². The molecule has 0 bridgehead atoms. The number of nitrogens with one attached hydrogen (secondary N) is 1. The lowest BCUT2D eigenvalue weighted by molar-refractivity contribution is -0.385. The van der Waals surface area contributed by atoms with Crippen LogP contribution in [-0.2, 0) is 15.3 Å². The molecule has 0 aliphatic heterocycles. The molecule has 0 heterocycles. The summed E-state index contributed by atoms with van der Waals surface area (Å²) < 4.78 is 4.97. The molecule has 8 nitrogen and oxygen atoms in total. The molecule has 1 aliphatic carbocycles. The highest BCUT2D eigenvalue weighted by molar-refractivity contribution is 7.99. The highest BCUT2D eigenvalue weighted by Gasteiger charge is 2.42. The first kappa shape index (κ1) is 21.0. The van der Waals surface area contributed by atoms with Crippen LogP contribution in [0.25, 0.3) is 0 Å². The number of hydrogen-bond acceptors (Lipinski definition) is 6. The first-order chi connectivity index (χ1) is 12.8. The number of carbonyl (C=O) groups is 2. The smallest absolute Gasteiger partial charge is 0.311 e. The van der Waals surface area contributed by atoms with Crippen LogP contribution in [-0.4, -0.2) is 40.3 Å². The molecule has 0 radical (unpaired) electrons. The van der Waals surface area contributed by atoms with Crippen LogP contribution in [0.4, 0.5) is 5.69 Å². The molecule has 1 aromatic carbocycles. The van der Waals surface area contributed by atoms with Gasteiger partial charge in [0.15, 0.2) is 5.75 Å². The Morgan fingerprint density at radius 2 is 2.19 bits per heavy atom. The Bertz CT molecular complexity index is 726. The van der Waals surface area contributed by atoms with E-state index in [1.54, 1.807) is 13.0 Å². The predicted octanol–water partition coefficient (Wildman–Crippen LogP) is 2.99. The van der Waals surface area contributed by atoms with E-state index in [1.165, 1.54) is 31.0 Å². The molecule has 27 heavy (non-hydrogen) atoms. The van der Waals surface area contributed by atoms with Gasteiger partial charge in [-0.25, -0.2) is 0 Å². The second-order valence-corrected chi connectivity index (χ2v) is 7.84. The number of nitrogens with zero attached hydrogens (tertiary/aromatic N) is 1. The fourth-order valence-corrected chi connectivity index (χ4v) is 4.24. The highest BCUT2D eigenvalue weighted by Crippen LogP contribution is 2.34. The summed E-state index contributed by atoms with van der Waals surface area (Å²) in [5.41, 5.74) is -0.132. The minimum Gasteiger partial charge on any atom is -0.490 e. The Kier molecular flexibility index (Phi) is 7.06. The average molecular weight is 396 g/mol. The van der Waals surface area contributed by atoms with Gasteiger partial charge in [-0.1, -0.05) is 18.9 Å². The van der Waals surface area contributed by atoms with Crippen LogP contribution in [0.5, 0.6) is 5.75 Å². The van der Waals surface area contributed by atoms with E-state index in [9.17, 15) is 24.8 Å². The minimum atomic E-state index is -0.879. The number of carbonyl (C=O) groups excluding carboxylic acids is 1. The number of carboxylic acid groups (broad SMARTS) is 1. The van der Waals surface area contributed by atoms with Crippen molar-refractivity contribution in [1.29, 1.82) is 0 Å². The van der Waals surface area contributed by atoms with E-state index in [-0.39, 0.29) is 23.1 Å². The van der Waals surface area contributed by atoms with Gasteiger partial charge in [0.25, 0.3) is 0 Å². The number of methoxy groups -OCH3 is 1. The molecule has 0 saturated heterocycles. The van der Waals surface area contributed by atoms with Crippen molar-refractivity contribution in [2.75, 3.05) is 12.9 Å². The number of rotatable bonds is 8. The van der Waals surface area contributed by atoms with Crippen LogP contribution in [0.1, 0.15) is 38.2 Å². The van der Waals surface area contributed by atoms with Crippen molar-refractivity contribution < 1.29 is 24.4 Å². The zero-order valence-electron chi connectivity index (χ0n) is 15.4. The zero-order chi connectivity index (χ0) is 20.0. The van der Waals surface area contributed by atoms with Crippen molar-refractivity contribution in [3.8, 4) is 5.75 Å². The molecule has 2 atom stereocenters. The number of carboxylic acids is 1. The van der Waals surface area contributed by atoms with Gasteiger partial charge in [-0.2, -0.15) is 0 Å². The summed E-state index contributed by atoms with van der Waals surface area (Å²) in [5, 5.41) is 23.4. The third kappa shape index (κ3) is 5.35. The quantitative estimate of drug-likeness (QED) is 0.512. The van der Waals surface area contributed by atoms with E-state index in [4.69, 9.17) is 4.74 Å². The summed E-state index contributed by atoms with van der Waals surface area (Å²) >= 11 is 1.32. The van der Waals surface area contributed by atoms with Crippen molar-refractivity contribution in [2.45, 2.75) is 43.9 Å². The van der Waals surface area contributed by atoms with Crippen LogP contribution in [0.3, 0.4) is 0 Å². The van der Waals surface area contributed by atoms with Crippen LogP contribution in [0, 0.1) is 16.0 Å². The zero-order valence-corrected chi connectivity index (χ0v) is 16.2. The van der Waals surface area contributed by atoms with Crippen LogP contribution < -0.4 is 10.1 Å². The van der Waals surface area contributed by atoms with E-state index in [0.717, 1.165) is 12.8 Å². The summed E-state index contributed by atoms with van der Waals surface area (Å²) in [6.45, 7) is 1.79. The van der Waals surface area contributed by atoms with E-state index in [1.807, 2.05) is 0 Å². The van der Waals surface area contributed by atoms with Gasteiger partial charge in [0.2, 0.25) is 5.91 Å². The Hall–Kier alpha value is -2.29. The van der Waals surface area contributed by atoms with Gasteiger partial charge in [-0.3, -0.25) is 19.7 Å². The van der Waals surface area contributed by atoms with Gasteiger partial charge >= 0.3 is 11.7 Å². The molecule has 9 heteroatoms. The van der Waals surface area contributed by atoms with Gasteiger partial charge < -0.3 is 15.2 Å². The van der Waals surface area contributed by atoms with Gasteiger partial charge in [0.1, 0.15) is 0 Å². The molecule has 148 valence electrons. The van der Waals surface area contributed by atoms with Gasteiger partial charge in [-0.15, -0.1) is 11.8 Å². The maximum Gasteiger partial charge on any atom is 0.311 e. The number of hydrogen-bond donors (Lipinski definition) is 2. The van der Waals surface area contributed by atoms with Crippen LogP contribution in [0.15, 0.2) is 18.2 Å². The number of thioether (sulfide) groups is 1. The molecule has 2 rings (SSSR count). The molecule has 1 amide bonds.